The van der Waals surface area contributed by atoms with Crippen molar-refractivity contribution in [3.8, 4) is 0 Å². The molecule has 1 amide bonds. The van der Waals surface area contributed by atoms with Crippen molar-refractivity contribution in [2.75, 3.05) is 0 Å². The Morgan fingerprint density at radius 1 is 1.42 bits per heavy atom. The number of thioether (sulfide) groups is 1. The van der Waals surface area contributed by atoms with Crippen LogP contribution in [0.5, 0.6) is 0 Å². The van der Waals surface area contributed by atoms with Gasteiger partial charge in [-0.2, -0.15) is 0 Å². The van der Waals surface area contributed by atoms with Crippen LogP contribution in [-0.2, 0) is 4.79 Å². The third-order valence-corrected chi connectivity index (χ3v) is 4.75. The lowest BCUT2D eigenvalue weighted by atomic mass is 10.0. The lowest BCUT2D eigenvalue weighted by molar-refractivity contribution is -0.121. The van der Waals surface area contributed by atoms with Gasteiger partial charge in [0.25, 0.3) is 0 Å². The number of rotatable bonds is 5. The van der Waals surface area contributed by atoms with Crippen LogP contribution in [0.2, 0.25) is 10.0 Å². The first-order valence-electron chi connectivity index (χ1n) is 6.19. The quantitative estimate of drug-likeness (QED) is 0.791. The molecule has 106 valence electrons. The molecule has 1 N–H and O–H groups in total. The largest absolute Gasteiger partial charge is 0.350 e. The van der Waals surface area contributed by atoms with E-state index in [-0.39, 0.29) is 16.7 Å². The molecule has 0 heterocycles. The summed E-state index contributed by atoms with van der Waals surface area (Å²) in [5.41, 5.74) is -0.190. The molecule has 1 aromatic rings. The van der Waals surface area contributed by atoms with Gasteiger partial charge in [-0.3, -0.25) is 4.79 Å². The van der Waals surface area contributed by atoms with E-state index in [0.717, 1.165) is 11.3 Å². The fourth-order valence-electron chi connectivity index (χ4n) is 1.34. The number of benzene rings is 1. The lowest BCUT2D eigenvalue weighted by Gasteiger charge is -2.26. The van der Waals surface area contributed by atoms with Gasteiger partial charge in [-0.15, -0.1) is 11.8 Å². The molecule has 0 radical (unpaired) electrons. The van der Waals surface area contributed by atoms with Gasteiger partial charge in [-0.05, 0) is 45.4 Å². The number of carbonyl (C=O) groups excluding carboxylic acids is 1. The van der Waals surface area contributed by atoms with Gasteiger partial charge in [0, 0.05) is 15.5 Å². The molecule has 19 heavy (non-hydrogen) atoms. The number of halogens is 2. The molecule has 1 aromatic carbocycles. The van der Waals surface area contributed by atoms with Crippen LogP contribution in [0.4, 0.5) is 0 Å². The number of amides is 1. The Kier molecular flexibility index (Phi) is 6.03. The van der Waals surface area contributed by atoms with Crippen LogP contribution in [0.15, 0.2) is 23.1 Å². The van der Waals surface area contributed by atoms with E-state index in [1.54, 1.807) is 18.2 Å². The molecule has 2 nitrogen and oxygen atoms in total. The monoisotopic (exact) mass is 319 g/mol. The van der Waals surface area contributed by atoms with Gasteiger partial charge in [0.05, 0.1) is 10.3 Å². The number of hydrogen-bond acceptors (Lipinski definition) is 2. The molecular formula is C14H19Cl2NOS. The zero-order valence-electron chi connectivity index (χ0n) is 11.6. The molecule has 0 aliphatic heterocycles. The van der Waals surface area contributed by atoms with E-state index >= 15 is 0 Å². The first-order chi connectivity index (χ1) is 8.75. The van der Waals surface area contributed by atoms with E-state index in [9.17, 15) is 4.79 Å². The average molecular weight is 320 g/mol. The van der Waals surface area contributed by atoms with Gasteiger partial charge in [-0.1, -0.05) is 30.1 Å². The first-order valence-corrected chi connectivity index (χ1v) is 7.82. The van der Waals surface area contributed by atoms with Crippen LogP contribution >= 0.6 is 35.0 Å². The van der Waals surface area contributed by atoms with Crippen molar-refractivity contribution in [1.29, 1.82) is 0 Å². The topological polar surface area (TPSA) is 29.1 Å². The van der Waals surface area contributed by atoms with Crippen molar-refractivity contribution >= 4 is 40.9 Å². The van der Waals surface area contributed by atoms with E-state index in [2.05, 4.69) is 5.32 Å². The Morgan fingerprint density at radius 3 is 2.63 bits per heavy atom. The second kappa shape index (κ2) is 6.87. The third kappa shape index (κ3) is 5.25. The maximum Gasteiger partial charge on any atom is 0.233 e. The van der Waals surface area contributed by atoms with Gasteiger partial charge in [-0.25, -0.2) is 0 Å². The summed E-state index contributed by atoms with van der Waals surface area (Å²) in [6.07, 6.45) is 0.883. The normalized spacial score (nSPS) is 13.2. The van der Waals surface area contributed by atoms with Crippen molar-refractivity contribution in [3.63, 3.8) is 0 Å². The summed E-state index contributed by atoms with van der Waals surface area (Å²) in [6.45, 7) is 7.93. The third-order valence-electron chi connectivity index (χ3n) is 2.91. The second-order valence-electron chi connectivity index (χ2n) is 5.06. The standard InChI is InChI=1S/C14H19Cl2NOS/c1-5-14(3,4)17-13(18)9(2)19-12-8-10(15)6-7-11(12)16/h6-9H,5H2,1-4H3,(H,17,18). The Balaban J connectivity index is 2.71. The van der Waals surface area contributed by atoms with Crippen molar-refractivity contribution in [2.24, 2.45) is 0 Å². The summed E-state index contributed by atoms with van der Waals surface area (Å²) in [4.78, 5) is 12.9. The fourth-order valence-corrected chi connectivity index (χ4v) is 2.75. The highest BCUT2D eigenvalue weighted by molar-refractivity contribution is 8.00. The minimum absolute atomic E-state index is 0.00731. The molecule has 0 aliphatic rings. The zero-order valence-corrected chi connectivity index (χ0v) is 13.9. The van der Waals surface area contributed by atoms with E-state index in [1.165, 1.54) is 11.8 Å². The highest BCUT2D eigenvalue weighted by Gasteiger charge is 2.23. The molecule has 1 rings (SSSR count). The van der Waals surface area contributed by atoms with Gasteiger partial charge in [0.15, 0.2) is 0 Å². The second-order valence-corrected chi connectivity index (χ2v) is 7.29. The fraction of sp³-hybridized carbons (Fsp3) is 0.500. The predicted octanol–water partition coefficient (Wildman–Crippen LogP) is 4.78. The van der Waals surface area contributed by atoms with Gasteiger partial charge in [0.1, 0.15) is 0 Å². The van der Waals surface area contributed by atoms with E-state index in [0.29, 0.717) is 10.0 Å². The van der Waals surface area contributed by atoms with Crippen LogP contribution in [-0.4, -0.2) is 16.7 Å². The van der Waals surface area contributed by atoms with Crippen LogP contribution < -0.4 is 5.32 Å². The first kappa shape index (κ1) is 16.7. The molecule has 5 heteroatoms. The van der Waals surface area contributed by atoms with Gasteiger partial charge >= 0.3 is 0 Å². The minimum Gasteiger partial charge on any atom is -0.350 e. The van der Waals surface area contributed by atoms with Crippen molar-refractivity contribution in [3.05, 3.63) is 28.2 Å². The smallest absolute Gasteiger partial charge is 0.233 e. The Hall–Kier alpha value is -0.380. The summed E-state index contributed by atoms with van der Waals surface area (Å²) in [7, 11) is 0. The number of hydrogen-bond donors (Lipinski definition) is 1. The molecule has 0 aromatic heterocycles. The lowest BCUT2D eigenvalue weighted by Crippen LogP contribution is -2.46. The molecule has 0 aliphatic carbocycles. The maximum atomic E-state index is 12.1. The summed E-state index contributed by atoms with van der Waals surface area (Å²) in [5, 5.41) is 4.04. The van der Waals surface area contributed by atoms with Crippen molar-refractivity contribution in [1.82, 2.24) is 5.32 Å². The predicted molar refractivity (Wildman–Crippen MR) is 84.3 cm³/mol. The Morgan fingerprint density at radius 2 is 2.05 bits per heavy atom. The number of carbonyl (C=O) groups is 1. The van der Waals surface area contributed by atoms with Crippen molar-refractivity contribution < 1.29 is 4.79 Å². The Bertz CT molecular complexity index is 463. The molecule has 0 bridgehead atoms. The summed E-state index contributed by atoms with van der Waals surface area (Å²) >= 11 is 13.4. The van der Waals surface area contributed by atoms with Crippen molar-refractivity contribution in [2.45, 2.75) is 49.8 Å². The molecule has 0 fully saturated rings. The van der Waals surface area contributed by atoms with Gasteiger partial charge < -0.3 is 5.32 Å². The van der Waals surface area contributed by atoms with E-state index in [4.69, 9.17) is 23.2 Å². The van der Waals surface area contributed by atoms with Crippen LogP contribution in [0, 0.1) is 0 Å². The van der Waals surface area contributed by atoms with Crippen LogP contribution in [0.1, 0.15) is 34.1 Å². The summed E-state index contributed by atoms with van der Waals surface area (Å²) in [5.74, 6) is 0.00731. The van der Waals surface area contributed by atoms with Crippen LogP contribution in [0.3, 0.4) is 0 Å². The molecule has 1 unspecified atom stereocenters. The molecular weight excluding hydrogens is 301 g/mol. The summed E-state index contributed by atoms with van der Waals surface area (Å²) < 4.78 is 0. The number of nitrogens with one attached hydrogen (secondary N) is 1. The minimum atomic E-state index is -0.221. The average Bonchev–Trinajstić information content (AvgIpc) is 2.33. The molecule has 1 atom stereocenters. The van der Waals surface area contributed by atoms with E-state index in [1.807, 2.05) is 27.7 Å². The maximum absolute atomic E-state index is 12.1. The van der Waals surface area contributed by atoms with Crippen LogP contribution in [0.25, 0.3) is 0 Å². The Labute approximate surface area is 129 Å². The summed E-state index contributed by atoms with van der Waals surface area (Å²) in [6, 6.07) is 5.26. The SMILES string of the molecule is CCC(C)(C)NC(=O)C(C)Sc1cc(Cl)ccc1Cl. The highest BCUT2D eigenvalue weighted by Crippen LogP contribution is 2.32. The molecule has 0 saturated heterocycles. The highest BCUT2D eigenvalue weighted by atomic mass is 35.5. The van der Waals surface area contributed by atoms with E-state index < -0.39 is 0 Å². The molecule has 0 saturated carbocycles. The zero-order chi connectivity index (χ0) is 14.6. The molecule has 0 spiro atoms. The van der Waals surface area contributed by atoms with Gasteiger partial charge in [0.2, 0.25) is 5.91 Å².